The Morgan fingerprint density at radius 1 is 1.19 bits per heavy atom. The molecule has 1 atom stereocenters. The van der Waals surface area contributed by atoms with E-state index in [1.807, 2.05) is 6.92 Å². The van der Waals surface area contributed by atoms with Gasteiger partial charge in [-0.2, -0.15) is 4.31 Å². The van der Waals surface area contributed by atoms with E-state index in [1.165, 1.54) is 16.7 Å². The van der Waals surface area contributed by atoms with Crippen LogP contribution in [0.4, 0.5) is 5.69 Å². The number of hydrogen-bond donors (Lipinski definition) is 2. The van der Waals surface area contributed by atoms with Crippen LogP contribution in [0.3, 0.4) is 0 Å². The van der Waals surface area contributed by atoms with Crippen LogP contribution in [0, 0.1) is 6.92 Å². The maximum atomic E-state index is 13.2. The van der Waals surface area contributed by atoms with Crippen LogP contribution in [0.5, 0.6) is 0 Å². The number of H-pyrrole nitrogens is 1. The van der Waals surface area contributed by atoms with Crippen molar-refractivity contribution in [3.63, 3.8) is 0 Å². The Hall–Kier alpha value is -3.04. The Balaban J connectivity index is 1.65. The van der Waals surface area contributed by atoms with Crippen LogP contribution >= 0.6 is 0 Å². The largest absolute Gasteiger partial charge is 0.322 e. The van der Waals surface area contributed by atoms with E-state index in [-0.39, 0.29) is 22.1 Å². The van der Waals surface area contributed by atoms with Crippen LogP contribution in [-0.4, -0.2) is 41.2 Å². The first-order valence-electron chi connectivity index (χ1n) is 10.2. The van der Waals surface area contributed by atoms with Crippen LogP contribution in [0.25, 0.3) is 10.9 Å². The van der Waals surface area contributed by atoms with Gasteiger partial charge in [-0.05, 0) is 62.6 Å². The Morgan fingerprint density at radius 2 is 2.00 bits per heavy atom. The van der Waals surface area contributed by atoms with Gasteiger partial charge < -0.3 is 10.3 Å². The molecule has 0 radical (unpaired) electrons. The number of carbonyl (C=O) groups excluding carboxylic acids is 1. The third-order valence-corrected chi connectivity index (χ3v) is 7.71. The summed E-state index contributed by atoms with van der Waals surface area (Å²) in [6.07, 6.45) is 3.99. The second kappa shape index (κ2) is 8.24. The van der Waals surface area contributed by atoms with Crippen LogP contribution in [0.1, 0.15) is 42.1 Å². The Labute approximate surface area is 180 Å². The molecule has 1 unspecified atom stereocenters. The molecular formula is C22H24N4O4S. The number of benzene rings is 2. The minimum atomic E-state index is -3.69. The first-order valence-corrected chi connectivity index (χ1v) is 11.6. The van der Waals surface area contributed by atoms with Gasteiger partial charge in [0.05, 0.1) is 22.1 Å². The molecule has 0 saturated carbocycles. The van der Waals surface area contributed by atoms with Gasteiger partial charge in [0.15, 0.2) is 0 Å². The van der Waals surface area contributed by atoms with Crippen molar-refractivity contribution in [2.75, 3.05) is 11.9 Å². The molecule has 0 spiro atoms. The van der Waals surface area contributed by atoms with E-state index >= 15 is 0 Å². The van der Waals surface area contributed by atoms with Gasteiger partial charge in [-0.3, -0.25) is 9.59 Å². The average Bonchev–Trinajstić information content (AvgIpc) is 2.74. The summed E-state index contributed by atoms with van der Waals surface area (Å²) in [5.74, 6) is -0.444. The number of rotatable bonds is 4. The summed E-state index contributed by atoms with van der Waals surface area (Å²) in [6, 6.07) is 9.39. The van der Waals surface area contributed by atoms with Gasteiger partial charge in [-0.25, -0.2) is 13.4 Å². The second-order valence-corrected chi connectivity index (χ2v) is 9.75. The maximum absolute atomic E-state index is 13.2. The molecule has 4 rings (SSSR count). The van der Waals surface area contributed by atoms with Gasteiger partial charge in [0.25, 0.3) is 11.5 Å². The fourth-order valence-corrected chi connectivity index (χ4v) is 5.64. The van der Waals surface area contributed by atoms with Crippen molar-refractivity contribution in [3.8, 4) is 0 Å². The third-order valence-electron chi connectivity index (χ3n) is 5.70. The summed E-state index contributed by atoms with van der Waals surface area (Å²) in [4.78, 5) is 31.6. The molecule has 1 amide bonds. The minimum absolute atomic E-state index is 0.0679. The number of aromatic amines is 1. The van der Waals surface area contributed by atoms with Crippen molar-refractivity contribution in [2.45, 2.75) is 44.0 Å². The predicted octanol–water partition coefficient (Wildman–Crippen LogP) is 3.05. The highest BCUT2D eigenvalue weighted by Crippen LogP contribution is 2.27. The lowest BCUT2D eigenvalue weighted by atomic mass is 10.1. The summed E-state index contributed by atoms with van der Waals surface area (Å²) in [7, 11) is -3.69. The van der Waals surface area contributed by atoms with Gasteiger partial charge in [-0.1, -0.05) is 12.5 Å². The van der Waals surface area contributed by atoms with Gasteiger partial charge in [0.1, 0.15) is 0 Å². The summed E-state index contributed by atoms with van der Waals surface area (Å²) < 4.78 is 27.9. The second-order valence-electron chi connectivity index (χ2n) is 7.85. The molecule has 1 aliphatic rings. The van der Waals surface area contributed by atoms with Crippen LogP contribution in [0.2, 0.25) is 0 Å². The predicted molar refractivity (Wildman–Crippen MR) is 119 cm³/mol. The highest BCUT2D eigenvalue weighted by molar-refractivity contribution is 7.89. The fourth-order valence-electron chi connectivity index (χ4n) is 3.92. The van der Waals surface area contributed by atoms with Crippen molar-refractivity contribution in [1.29, 1.82) is 0 Å². The third kappa shape index (κ3) is 4.11. The molecule has 1 aromatic heterocycles. The molecule has 0 aliphatic carbocycles. The molecule has 1 saturated heterocycles. The van der Waals surface area contributed by atoms with Crippen molar-refractivity contribution in [1.82, 2.24) is 14.3 Å². The van der Waals surface area contributed by atoms with E-state index in [0.29, 0.717) is 28.7 Å². The average molecular weight is 441 g/mol. The van der Waals surface area contributed by atoms with Crippen molar-refractivity contribution < 1.29 is 13.2 Å². The van der Waals surface area contributed by atoms with E-state index in [0.717, 1.165) is 19.3 Å². The van der Waals surface area contributed by atoms with E-state index in [2.05, 4.69) is 15.3 Å². The standard InChI is InChI=1S/C22H24N4O4S/c1-14-6-8-17(31(29,30)26-10-4-3-5-15(26)2)12-18(14)22(28)25-16-7-9-20-19(11-16)21(27)24-13-23-20/h6-9,11-13,15H,3-5,10H2,1-2H3,(H,25,28)(H,23,24,27). The first kappa shape index (κ1) is 21.2. The smallest absolute Gasteiger partial charge is 0.258 e. The van der Waals surface area contributed by atoms with Gasteiger partial charge in [-0.15, -0.1) is 0 Å². The van der Waals surface area contributed by atoms with E-state index in [4.69, 9.17) is 0 Å². The monoisotopic (exact) mass is 440 g/mol. The number of hydrogen-bond acceptors (Lipinski definition) is 5. The normalized spacial score (nSPS) is 17.5. The summed E-state index contributed by atoms with van der Waals surface area (Å²) in [6.45, 7) is 4.15. The van der Waals surface area contributed by atoms with E-state index in [9.17, 15) is 18.0 Å². The summed E-state index contributed by atoms with van der Waals surface area (Å²) in [5, 5.41) is 3.11. The molecule has 2 aromatic carbocycles. The molecule has 1 fully saturated rings. The molecule has 8 nitrogen and oxygen atoms in total. The number of aromatic nitrogens is 2. The molecule has 2 N–H and O–H groups in total. The number of amides is 1. The minimum Gasteiger partial charge on any atom is -0.322 e. The zero-order valence-corrected chi connectivity index (χ0v) is 18.2. The quantitative estimate of drug-likeness (QED) is 0.648. The first-order chi connectivity index (χ1) is 14.8. The van der Waals surface area contributed by atoms with Crippen molar-refractivity contribution in [2.24, 2.45) is 0 Å². The van der Waals surface area contributed by atoms with Gasteiger partial charge >= 0.3 is 0 Å². The van der Waals surface area contributed by atoms with Crippen LogP contribution < -0.4 is 10.9 Å². The number of piperidine rings is 1. The van der Waals surface area contributed by atoms with Crippen molar-refractivity contribution >= 4 is 32.5 Å². The highest BCUT2D eigenvalue weighted by Gasteiger charge is 2.31. The highest BCUT2D eigenvalue weighted by atomic mass is 32.2. The lowest BCUT2D eigenvalue weighted by Crippen LogP contribution is -2.42. The number of sulfonamides is 1. The Bertz CT molecular complexity index is 1320. The number of carbonyl (C=O) groups is 1. The zero-order valence-electron chi connectivity index (χ0n) is 17.4. The van der Waals surface area contributed by atoms with Crippen LogP contribution in [-0.2, 0) is 10.0 Å². The number of fused-ring (bicyclic) bond motifs is 1. The number of nitrogens with zero attached hydrogens (tertiary/aromatic N) is 2. The number of anilines is 1. The van der Waals surface area contributed by atoms with E-state index < -0.39 is 15.9 Å². The molecule has 31 heavy (non-hydrogen) atoms. The molecule has 9 heteroatoms. The number of nitrogens with one attached hydrogen (secondary N) is 2. The Kier molecular flexibility index (Phi) is 5.63. The Morgan fingerprint density at radius 3 is 2.77 bits per heavy atom. The van der Waals surface area contributed by atoms with Crippen LogP contribution in [0.15, 0.2) is 52.4 Å². The number of aryl methyl sites for hydroxylation is 1. The van der Waals surface area contributed by atoms with E-state index in [1.54, 1.807) is 37.3 Å². The lowest BCUT2D eigenvalue weighted by molar-refractivity contribution is 0.102. The molecule has 3 aromatic rings. The van der Waals surface area contributed by atoms with Gasteiger partial charge in [0, 0.05) is 23.8 Å². The summed E-state index contributed by atoms with van der Waals surface area (Å²) >= 11 is 0. The SMILES string of the molecule is Cc1ccc(S(=O)(=O)N2CCCCC2C)cc1C(=O)Nc1ccc2nc[nH]c(=O)c2c1. The lowest BCUT2D eigenvalue weighted by Gasteiger charge is -2.32. The molecule has 1 aliphatic heterocycles. The fraction of sp³-hybridized carbons (Fsp3) is 0.318. The maximum Gasteiger partial charge on any atom is 0.258 e. The zero-order chi connectivity index (χ0) is 22.2. The summed E-state index contributed by atoms with van der Waals surface area (Å²) in [5.41, 5.74) is 1.56. The molecular weight excluding hydrogens is 416 g/mol. The molecule has 0 bridgehead atoms. The molecule has 162 valence electrons. The van der Waals surface area contributed by atoms with Crippen molar-refractivity contribution in [3.05, 3.63) is 64.2 Å². The van der Waals surface area contributed by atoms with Gasteiger partial charge in [0.2, 0.25) is 10.0 Å². The molecule has 2 heterocycles. The topological polar surface area (TPSA) is 112 Å².